The molecule has 1 heterocycles. The summed E-state index contributed by atoms with van der Waals surface area (Å²) in [4.78, 5) is 3.95. The summed E-state index contributed by atoms with van der Waals surface area (Å²) in [5, 5.41) is 3.47. The first kappa shape index (κ1) is 14.9. The molecule has 0 spiro atoms. The van der Waals surface area contributed by atoms with Crippen LogP contribution in [-0.2, 0) is 6.54 Å². The van der Waals surface area contributed by atoms with Crippen LogP contribution in [0.4, 0.5) is 0 Å². The Bertz CT molecular complexity index is 356. The topological polar surface area (TPSA) is 15.3 Å². The van der Waals surface area contributed by atoms with Crippen LogP contribution in [0.25, 0.3) is 0 Å². The fourth-order valence-corrected chi connectivity index (χ4v) is 3.09. The van der Waals surface area contributed by atoms with Gasteiger partial charge in [-0.1, -0.05) is 19.1 Å². The Labute approximate surface area is 122 Å². The van der Waals surface area contributed by atoms with Crippen LogP contribution >= 0.6 is 11.8 Å². The van der Waals surface area contributed by atoms with E-state index in [1.165, 1.54) is 42.9 Å². The first-order valence-corrected chi connectivity index (χ1v) is 8.60. The second-order valence-corrected chi connectivity index (χ2v) is 6.25. The van der Waals surface area contributed by atoms with E-state index in [-0.39, 0.29) is 0 Å². The van der Waals surface area contributed by atoms with Gasteiger partial charge in [-0.2, -0.15) is 0 Å². The summed E-state index contributed by atoms with van der Waals surface area (Å²) in [6, 6.07) is 9.02. The Balaban J connectivity index is 1.75. The molecule has 1 saturated heterocycles. The Morgan fingerprint density at radius 2 is 1.89 bits per heavy atom. The normalized spacial score (nSPS) is 17.8. The summed E-state index contributed by atoms with van der Waals surface area (Å²) < 4.78 is 0. The van der Waals surface area contributed by atoms with Crippen molar-refractivity contribution >= 4 is 11.8 Å². The minimum absolute atomic E-state index is 0.884. The van der Waals surface area contributed by atoms with E-state index in [4.69, 9.17) is 0 Å². The molecule has 1 fully saturated rings. The van der Waals surface area contributed by atoms with Crippen molar-refractivity contribution in [3.8, 4) is 0 Å². The Morgan fingerprint density at radius 3 is 2.47 bits per heavy atom. The number of hydrogen-bond acceptors (Lipinski definition) is 3. The van der Waals surface area contributed by atoms with Gasteiger partial charge < -0.3 is 5.32 Å². The fraction of sp³-hybridized carbons (Fsp3) is 0.625. The third kappa shape index (κ3) is 4.83. The van der Waals surface area contributed by atoms with Crippen molar-refractivity contribution in [3.63, 3.8) is 0 Å². The van der Waals surface area contributed by atoms with Crippen molar-refractivity contribution in [1.82, 2.24) is 10.2 Å². The van der Waals surface area contributed by atoms with Crippen LogP contribution in [0.1, 0.15) is 25.3 Å². The zero-order valence-corrected chi connectivity index (χ0v) is 13.0. The van der Waals surface area contributed by atoms with Gasteiger partial charge in [0.2, 0.25) is 0 Å². The molecule has 0 amide bonds. The van der Waals surface area contributed by atoms with Gasteiger partial charge in [-0.3, -0.25) is 4.90 Å². The van der Waals surface area contributed by atoms with E-state index < -0.39 is 0 Å². The first-order valence-electron chi connectivity index (χ1n) is 7.37. The van der Waals surface area contributed by atoms with Gasteiger partial charge in [-0.15, -0.1) is 11.8 Å². The molecule has 0 radical (unpaired) electrons. The van der Waals surface area contributed by atoms with Gasteiger partial charge in [0.05, 0.1) is 0 Å². The van der Waals surface area contributed by atoms with Crippen molar-refractivity contribution in [1.29, 1.82) is 0 Å². The minimum Gasteiger partial charge on any atom is -0.317 e. The molecule has 1 aliphatic heterocycles. The Morgan fingerprint density at radius 1 is 1.21 bits per heavy atom. The standard InChI is InChI=1S/C16H26N2S/c1-3-17-12-14-8-10-18(11-9-14)13-15-4-6-16(19-2)7-5-15/h4-7,14,17H,3,8-13H2,1-2H3. The number of thioether (sulfide) groups is 1. The lowest BCUT2D eigenvalue weighted by molar-refractivity contribution is 0.176. The molecular weight excluding hydrogens is 252 g/mol. The van der Waals surface area contributed by atoms with Gasteiger partial charge in [0.15, 0.2) is 0 Å². The molecule has 1 aliphatic rings. The average molecular weight is 278 g/mol. The van der Waals surface area contributed by atoms with E-state index >= 15 is 0 Å². The van der Waals surface area contributed by atoms with E-state index in [0.29, 0.717) is 0 Å². The molecule has 106 valence electrons. The van der Waals surface area contributed by atoms with Crippen LogP contribution in [0, 0.1) is 5.92 Å². The monoisotopic (exact) mass is 278 g/mol. The number of benzene rings is 1. The summed E-state index contributed by atoms with van der Waals surface area (Å²) in [7, 11) is 0. The molecule has 0 saturated carbocycles. The highest BCUT2D eigenvalue weighted by Gasteiger charge is 2.18. The maximum Gasteiger partial charge on any atom is 0.0233 e. The van der Waals surface area contributed by atoms with Crippen LogP contribution in [-0.4, -0.2) is 37.3 Å². The number of nitrogens with one attached hydrogen (secondary N) is 1. The van der Waals surface area contributed by atoms with Crippen molar-refractivity contribution < 1.29 is 0 Å². The van der Waals surface area contributed by atoms with E-state index in [2.05, 4.69) is 47.7 Å². The molecule has 2 rings (SSSR count). The van der Waals surface area contributed by atoms with Crippen LogP contribution in [0.5, 0.6) is 0 Å². The third-order valence-electron chi connectivity index (χ3n) is 3.96. The minimum atomic E-state index is 0.884. The molecule has 1 aromatic carbocycles. The van der Waals surface area contributed by atoms with E-state index in [0.717, 1.165) is 19.0 Å². The van der Waals surface area contributed by atoms with Gasteiger partial charge in [-0.05, 0) is 68.9 Å². The van der Waals surface area contributed by atoms with E-state index in [1.54, 1.807) is 0 Å². The van der Waals surface area contributed by atoms with Crippen molar-refractivity contribution in [3.05, 3.63) is 29.8 Å². The number of likely N-dealkylation sites (tertiary alicyclic amines) is 1. The Hall–Kier alpha value is -0.510. The molecule has 2 nitrogen and oxygen atoms in total. The molecule has 3 heteroatoms. The summed E-state index contributed by atoms with van der Waals surface area (Å²) in [6.07, 6.45) is 4.82. The lowest BCUT2D eigenvalue weighted by Gasteiger charge is -2.32. The van der Waals surface area contributed by atoms with Gasteiger partial charge in [0, 0.05) is 11.4 Å². The molecule has 0 aliphatic carbocycles. The SMILES string of the molecule is CCNCC1CCN(Cc2ccc(SC)cc2)CC1. The fourth-order valence-electron chi connectivity index (χ4n) is 2.69. The lowest BCUT2D eigenvalue weighted by Crippen LogP contribution is -2.36. The van der Waals surface area contributed by atoms with Crippen LogP contribution < -0.4 is 5.32 Å². The van der Waals surface area contributed by atoms with Crippen molar-refractivity contribution in [2.24, 2.45) is 5.92 Å². The highest BCUT2D eigenvalue weighted by atomic mass is 32.2. The maximum absolute atomic E-state index is 3.47. The third-order valence-corrected chi connectivity index (χ3v) is 4.70. The molecule has 19 heavy (non-hydrogen) atoms. The van der Waals surface area contributed by atoms with Gasteiger partial charge >= 0.3 is 0 Å². The predicted octanol–water partition coefficient (Wildman–Crippen LogP) is 3.23. The van der Waals surface area contributed by atoms with Crippen molar-refractivity contribution in [2.75, 3.05) is 32.4 Å². The summed E-state index contributed by atoms with van der Waals surface area (Å²) in [5.74, 6) is 0.884. The summed E-state index contributed by atoms with van der Waals surface area (Å²) >= 11 is 1.81. The van der Waals surface area contributed by atoms with Crippen LogP contribution in [0.2, 0.25) is 0 Å². The van der Waals surface area contributed by atoms with E-state index in [1.807, 2.05) is 11.8 Å². The number of nitrogens with zero attached hydrogens (tertiary/aromatic N) is 1. The van der Waals surface area contributed by atoms with Crippen molar-refractivity contribution in [2.45, 2.75) is 31.2 Å². The lowest BCUT2D eigenvalue weighted by atomic mass is 9.96. The second kappa shape index (κ2) is 7.93. The van der Waals surface area contributed by atoms with Gasteiger partial charge in [0.25, 0.3) is 0 Å². The quantitative estimate of drug-likeness (QED) is 0.804. The molecular formula is C16H26N2S. The molecule has 0 aromatic heterocycles. The van der Waals surface area contributed by atoms with Gasteiger partial charge in [-0.25, -0.2) is 0 Å². The van der Waals surface area contributed by atoms with Crippen LogP contribution in [0.3, 0.4) is 0 Å². The summed E-state index contributed by atoms with van der Waals surface area (Å²) in [5.41, 5.74) is 1.45. The van der Waals surface area contributed by atoms with Gasteiger partial charge in [0.1, 0.15) is 0 Å². The van der Waals surface area contributed by atoms with Crippen LogP contribution in [0.15, 0.2) is 29.2 Å². The molecule has 0 unspecified atom stereocenters. The highest BCUT2D eigenvalue weighted by Crippen LogP contribution is 2.20. The smallest absolute Gasteiger partial charge is 0.0233 e. The molecule has 0 bridgehead atoms. The molecule has 0 atom stereocenters. The molecule has 1 aromatic rings. The zero-order valence-electron chi connectivity index (χ0n) is 12.2. The second-order valence-electron chi connectivity index (χ2n) is 5.38. The largest absolute Gasteiger partial charge is 0.317 e. The summed E-state index contributed by atoms with van der Waals surface area (Å²) in [6.45, 7) is 8.10. The highest BCUT2D eigenvalue weighted by molar-refractivity contribution is 7.98. The number of rotatable bonds is 6. The maximum atomic E-state index is 3.47. The number of piperidine rings is 1. The Kier molecular flexibility index (Phi) is 6.21. The number of hydrogen-bond donors (Lipinski definition) is 1. The molecule has 1 N–H and O–H groups in total. The first-order chi connectivity index (χ1) is 9.31. The average Bonchev–Trinajstić information content (AvgIpc) is 2.47. The van der Waals surface area contributed by atoms with E-state index in [9.17, 15) is 0 Å². The zero-order chi connectivity index (χ0) is 13.5. The predicted molar refractivity (Wildman–Crippen MR) is 84.8 cm³/mol.